The molecule has 288 valence electrons. The van der Waals surface area contributed by atoms with Gasteiger partial charge in [0.2, 0.25) is 0 Å². The van der Waals surface area contributed by atoms with Crippen LogP contribution in [0.5, 0.6) is 0 Å². The molecule has 0 amide bonds. The molecule has 0 aromatic heterocycles. The van der Waals surface area contributed by atoms with Crippen LogP contribution in [0.15, 0.2) is 170 Å². The molecule has 0 heteroatoms. The van der Waals surface area contributed by atoms with Crippen LogP contribution >= 0.6 is 0 Å². The number of fused-ring (bicyclic) bond motifs is 5. The van der Waals surface area contributed by atoms with Crippen LogP contribution in [0.4, 0.5) is 0 Å². The maximum absolute atomic E-state index is 2.35. The van der Waals surface area contributed by atoms with Gasteiger partial charge in [0, 0.05) is 11.3 Å². The van der Waals surface area contributed by atoms with Gasteiger partial charge in [0.1, 0.15) is 0 Å². The first kappa shape index (κ1) is 43.3. The zero-order valence-corrected chi connectivity index (χ0v) is 36.0. The van der Waals surface area contributed by atoms with E-state index in [-0.39, 0.29) is 5.41 Å². The Kier molecular flexibility index (Phi) is 16.2. The standard InChI is InChI=1S/C17H16.C17H14.C16H16.3C2H6/c1-13-11-15-9-5-6-10-16(15)12-17(13)14-7-3-2-4-8-14;1-13-16-10-6-5-9-15(16)11-12-17(13)14-7-3-2-4-8-14;1-11-8-9-15-13(10-11)12-6-4-5-7-14(12)16(15,2)3;3*1-2/h2-7,9-12,14H,8H2,1H3;2-12H,1H3;4-10H,1-3H3;3*1-2H3. The van der Waals surface area contributed by atoms with Crippen molar-refractivity contribution >= 4 is 21.5 Å². The molecule has 0 bridgehead atoms. The first-order valence-electron chi connectivity index (χ1n) is 20.9. The number of allylic oxidation sites excluding steroid dienone is 4. The van der Waals surface area contributed by atoms with E-state index in [0.717, 1.165) is 6.42 Å². The fraction of sp³-hybridized carbons (Fsp3) is 0.250. The minimum absolute atomic E-state index is 0.152. The lowest BCUT2D eigenvalue weighted by Crippen LogP contribution is -2.14. The average molecular weight is 737 g/mol. The second-order valence-electron chi connectivity index (χ2n) is 14.3. The molecule has 0 heterocycles. The Hall–Kier alpha value is -5.46. The van der Waals surface area contributed by atoms with Crippen LogP contribution in [-0.4, -0.2) is 0 Å². The molecule has 0 fully saturated rings. The van der Waals surface area contributed by atoms with E-state index in [1.165, 1.54) is 77.2 Å². The fourth-order valence-electron chi connectivity index (χ4n) is 7.77. The molecule has 7 aromatic rings. The fourth-order valence-corrected chi connectivity index (χ4v) is 7.77. The van der Waals surface area contributed by atoms with Gasteiger partial charge in [-0.3, -0.25) is 0 Å². The van der Waals surface area contributed by atoms with Crippen LogP contribution < -0.4 is 0 Å². The second-order valence-corrected chi connectivity index (χ2v) is 14.3. The number of rotatable bonds is 2. The first-order chi connectivity index (χ1) is 27.3. The van der Waals surface area contributed by atoms with E-state index in [2.05, 4.69) is 205 Å². The Morgan fingerprint density at radius 2 is 1.07 bits per heavy atom. The Labute approximate surface area is 339 Å². The first-order valence-corrected chi connectivity index (χ1v) is 20.9. The zero-order valence-electron chi connectivity index (χ0n) is 36.0. The molecule has 0 radical (unpaired) electrons. The quantitative estimate of drug-likeness (QED) is 0.166. The van der Waals surface area contributed by atoms with Gasteiger partial charge in [0.15, 0.2) is 0 Å². The molecule has 0 saturated carbocycles. The third-order valence-corrected chi connectivity index (χ3v) is 10.5. The molecular formula is C56H64. The lowest BCUT2D eigenvalue weighted by molar-refractivity contribution is 0.660. The highest BCUT2D eigenvalue weighted by molar-refractivity contribution is 5.91. The summed E-state index contributed by atoms with van der Waals surface area (Å²) >= 11 is 0. The van der Waals surface area contributed by atoms with Gasteiger partial charge in [-0.15, -0.1) is 0 Å². The summed E-state index contributed by atoms with van der Waals surface area (Å²) < 4.78 is 0. The molecule has 7 aromatic carbocycles. The maximum Gasteiger partial charge on any atom is 0.0158 e. The van der Waals surface area contributed by atoms with Gasteiger partial charge in [0.25, 0.3) is 0 Å². The van der Waals surface area contributed by atoms with Crippen molar-refractivity contribution in [3.63, 3.8) is 0 Å². The maximum atomic E-state index is 2.35. The van der Waals surface area contributed by atoms with Crippen LogP contribution in [0.3, 0.4) is 0 Å². The van der Waals surface area contributed by atoms with Crippen molar-refractivity contribution in [2.75, 3.05) is 0 Å². The molecule has 1 atom stereocenters. The van der Waals surface area contributed by atoms with Crippen molar-refractivity contribution in [1.82, 2.24) is 0 Å². The van der Waals surface area contributed by atoms with Crippen molar-refractivity contribution in [2.45, 2.75) is 93.9 Å². The van der Waals surface area contributed by atoms with E-state index in [1.54, 1.807) is 0 Å². The number of hydrogen-bond acceptors (Lipinski definition) is 0. The number of benzene rings is 7. The van der Waals surface area contributed by atoms with E-state index < -0.39 is 0 Å². The zero-order chi connectivity index (χ0) is 40.7. The minimum atomic E-state index is 0.152. The molecule has 2 aliphatic rings. The third-order valence-electron chi connectivity index (χ3n) is 10.5. The topological polar surface area (TPSA) is 0 Å². The van der Waals surface area contributed by atoms with Gasteiger partial charge in [-0.1, -0.05) is 231 Å². The Balaban J connectivity index is 0.000000175. The molecule has 0 aliphatic heterocycles. The molecular weight excluding hydrogens is 673 g/mol. The summed E-state index contributed by atoms with van der Waals surface area (Å²) in [6.07, 6.45) is 9.96. The SMILES string of the molecule is CC.CC.CC.Cc1c(-c2ccccc2)ccc2ccccc12.Cc1cc2ccccc2cc1C1C=CC=CC1.Cc1ccc2c(c1)-c1ccccc1C2(C)C. The monoisotopic (exact) mass is 737 g/mol. The van der Waals surface area contributed by atoms with E-state index in [0.29, 0.717) is 5.92 Å². The summed E-state index contributed by atoms with van der Waals surface area (Å²) in [6, 6.07) is 52.3. The minimum Gasteiger partial charge on any atom is -0.0836 e. The van der Waals surface area contributed by atoms with Crippen molar-refractivity contribution in [1.29, 1.82) is 0 Å². The van der Waals surface area contributed by atoms with Crippen molar-refractivity contribution in [3.8, 4) is 22.3 Å². The summed E-state index contributed by atoms with van der Waals surface area (Å²) in [6.45, 7) is 23.2. The van der Waals surface area contributed by atoms with E-state index >= 15 is 0 Å². The molecule has 9 rings (SSSR count). The summed E-state index contributed by atoms with van der Waals surface area (Å²) in [5.41, 5.74) is 14.1. The molecule has 0 nitrogen and oxygen atoms in total. The lowest BCUT2D eigenvalue weighted by atomic mass is 9.82. The number of aryl methyl sites for hydroxylation is 3. The van der Waals surface area contributed by atoms with Gasteiger partial charge in [-0.25, -0.2) is 0 Å². The second kappa shape index (κ2) is 21.0. The summed E-state index contributed by atoms with van der Waals surface area (Å²) in [5.74, 6) is 0.546. The van der Waals surface area contributed by atoms with Crippen LogP contribution in [0.25, 0.3) is 43.8 Å². The highest BCUT2D eigenvalue weighted by Gasteiger charge is 2.34. The van der Waals surface area contributed by atoms with Gasteiger partial charge in [-0.05, 0) is 98.8 Å². The summed E-state index contributed by atoms with van der Waals surface area (Å²) in [5, 5.41) is 5.33. The predicted octanol–water partition coefficient (Wildman–Crippen LogP) is 16.9. The van der Waals surface area contributed by atoms with E-state index in [9.17, 15) is 0 Å². The molecule has 2 aliphatic carbocycles. The molecule has 0 N–H and O–H groups in total. The van der Waals surface area contributed by atoms with Gasteiger partial charge in [0.05, 0.1) is 0 Å². The van der Waals surface area contributed by atoms with Crippen LogP contribution in [0, 0.1) is 20.8 Å². The molecule has 0 spiro atoms. The average Bonchev–Trinajstić information content (AvgIpc) is 3.49. The van der Waals surface area contributed by atoms with E-state index in [1.807, 2.05) is 41.5 Å². The number of hydrogen-bond donors (Lipinski definition) is 0. The van der Waals surface area contributed by atoms with Crippen LogP contribution in [-0.2, 0) is 5.41 Å². The molecule has 1 unspecified atom stereocenters. The molecule has 56 heavy (non-hydrogen) atoms. The highest BCUT2D eigenvalue weighted by Crippen LogP contribution is 2.48. The Bertz CT molecular complexity index is 2350. The van der Waals surface area contributed by atoms with Crippen molar-refractivity contribution in [2.24, 2.45) is 0 Å². The summed E-state index contributed by atoms with van der Waals surface area (Å²) in [7, 11) is 0. The van der Waals surface area contributed by atoms with Crippen molar-refractivity contribution < 1.29 is 0 Å². The summed E-state index contributed by atoms with van der Waals surface area (Å²) in [4.78, 5) is 0. The smallest absolute Gasteiger partial charge is 0.0158 e. The Morgan fingerprint density at radius 3 is 1.75 bits per heavy atom. The van der Waals surface area contributed by atoms with E-state index in [4.69, 9.17) is 0 Å². The lowest BCUT2D eigenvalue weighted by Gasteiger charge is -2.21. The normalized spacial score (nSPS) is 13.7. The van der Waals surface area contributed by atoms with Gasteiger partial charge in [-0.2, -0.15) is 0 Å². The highest BCUT2D eigenvalue weighted by atomic mass is 14.4. The largest absolute Gasteiger partial charge is 0.0836 e. The van der Waals surface area contributed by atoms with Crippen LogP contribution in [0.2, 0.25) is 0 Å². The predicted molar refractivity (Wildman–Crippen MR) is 251 cm³/mol. The molecule has 0 saturated heterocycles. The van der Waals surface area contributed by atoms with Gasteiger partial charge >= 0.3 is 0 Å². The van der Waals surface area contributed by atoms with Gasteiger partial charge < -0.3 is 0 Å². The van der Waals surface area contributed by atoms with Crippen molar-refractivity contribution in [3.05, 3.63) is 203 Å². The Morgan fingerprint density at radius 1 is 0.482 bits per heavy atom. The third kappa shape index (κ3) is 9.85. The van der Waals surface area contributed by atoms with Crippen LogP contribution in [0.1, 0.15) is 101 Å².